The van der Waals surface area contributed by atoms with Gasteiger partial charge in [0, 0.05) is 5.56 Å². The number of hydrogen-bond donors (Lipinski definition) is 1. The monoisotopic (exact) mass is 190 g/mol. The van der Waals surface area contributed by atoms with Gasteiger partial charge < -0.3 is 5.11 Å². The molecule has 1 atom stereocenters. The molecular formula is C9H9F3O. The molecule has 0 spiro atoms. The molecule has 0 aromatic heterocycles. The molecule has 0 amide bonds. The second-order valence-electron chi connectivity index (χ2n) is 2.81. The van der Waals surface area contributed by atoms with Crippen LogP contribution in [0.5, 0.6) is 0 Å². The van der Waals surface area contributed by atoms with Crippen molar-refractivity contribution in [1.29, 1.82) is 0 Å². The van der Waals surface area contributed by atoms with E-state index in [4.69, 9.17) is 5.11 Å². The third-order valence-corrected chi connectivity index (χ3v) is 1.73. The summed E-state index contributed by atoms with van der Waals surface area (Å²) in [5.41, 5.74) is -0.512. The van der Waals surface area contributed by atoms with Crippen LogP contribution in [0.3, 0.4) is 0 Å². The molecule has 0 saturated heterocycles. The van der Waals surface area contributed by atoms with Crippen LogP contribution in [0.4, 0.5) is 13.2 Å². The van der Waals surface area contributed by atoms with E-state index in [0.717, 1.165) is 19.1 Å². The van der Waals surface area contributed by atoms with Gasteiger partial charge in [0.1, 0.15) is 11.9 Å². The van der Waals surface area contributed by atoms with Crippen molar-refractivity contribution < 1.29 is 18.3 Å². The maximum absolute atomic E-state index is 13.0. The molecule has 1 N–H and O–H groups in total. The van der Waals surface area contributed by atoms with Crippen LogP contribution in [0.1, 0.15) is 12.5 Å². The van der Waals surface area contributed by atoms with Crippen LogP contribution in [-0.2, 0) is 5.92 Å². The summed E-state index contributed by atoms with van der Waals surface area (Å²) >= 11 is 0. The topological polar surface area (TPSA) is 20.2 Å². The molecule has 0 radical (unpaired) electrons. The molecule has 0 aliphatic rings. The normalized spacial score (nSPS) is 14.2. The number of benzene rings is 1. The number of rotatable bonds is 2. The number of halogens is 3. The second kappa shape index (κ2) is 3.38. The summed E-state index contributed by atoms with van der Waals surface area (Å²) in [5, 5.41) is 8.75. The fourth-order valence-corrected chi connectivity index (χ4v) is 0.937. The van der Waals surface area contributed by atoms with Crippen molar-refractivity contribution in [3.63, 3.8) is 0 Å². The first kappa shape index (κ1) is 10.1. The minimum Gasteiger partial charge on any atom is -0.387 e. The zero-order valence-corrected chi connectivity index (χ0v) is 6.97. The Bertz CT molecular complexity index is 297. The first-order valence-corrected chi connectivity index (χ1v) is 3.76. The van der Waals surface area contributed by atoms with Gasteiger partial charge in [-0.1, -0.05) is 12.1 Å². The molecule has 1 nitrogen and oxygen atoms in total. The van der Waals surface area contributed by atoms with Crippen LogP contribution >= 0.6 is 0 Å². The van der Waals surface area contributed by atoms with Crippen molar-refractivity contribution in [2.45, 2.75) is 19.0 Å². The SMILES string of the molecule is CC(O)C(F)(F)c1cccc(F)c1. The maximum atomic E-state index is 13.0. The van der Waals surface area contributed by atoms with E-state index in [2.05, 4.69) is 0 Å². The summed E-state index contributed by atoms with van der Waals surface area (Å²) in [6, 6.07) is 4.05. The average molecular weight is 190 g/mol. The van der Waals surface area contributed by atoms with Gasteiger partial charge in [0.15, 0.2) is 0 Å². The van der Waals surface area contributed by atoms with Crippen molar-refractivity contribution in [2.24, 2.45) is 0 Å². The summed E-state index contributed by atoms with van der Waals surface area (Å²) < 4.78 is 38.6. The molecule has 0 fully saturated rings. The highest BCUT2D eigenvalue weighted by Crippen LogP contribution is 2.31. The Hall–Kier alpha value is -1.03. The summed E-state index contributed by atoms with van der Waals surface area (Å²) in [6.07, 6.45) is -1.82. The van der Waals surface area contributed by atoms with Crippen molar-refractivity contribution in [3.05, 3.63) is 35.6 Å². The summed E-state index contributed by atoms with van der Waals surface area (Å²) in [4.78, 5) is 0. The summed E-state index contributed by atoms with van der Waals surface area (Å²) in [6.45, 7) is 0.963. The Kier molecular flexibility index (Phi) is 2.61. The van der Waals surface area contributed by atoms with E-state index < -0.39 is 23.4 Å². The molecule has 1 unspecified atom stereocenters. The van der Waals surface area contributed by atoms with Gasteiger partial charge in [-0.2, -0.15) is 8.78 Å². The van der Waals surface area contributed by atoms with E-state index in [1.54, 1.807) is 0 Å². The van der Waals surface area contributed by atoms with Gasteiger partial charge in [0.25, 0.3) is 5.92 Å². The predicted octanol–water partition coefficient (Wildman–Crippen LogP) is 2.30. The fourth-order valence-electron chi connectivity index (χ4n) is 0.937. The van der Waals surface area contributed by atoms with E-state index in [1.165, 1.54) is 6.07 Å². The van der Waals surface area contributed by atoms with Gasteiger partial charge in [0.2, 0.25) is 0 Å². The standard InChI is InChI=1S/C9H9F3O/c1-6(13)9(11,12)7-3-2-4-8(10)5-7/h2-6,13H,1H3. The zero-order chi connectivity index (χ0) is 10.1. The minimum atomic E-state index is -3.40. The molecule has 4 heteroatoms. The Morgan fingerprint density at radius 1 is 1.38 bits per heavy atom. The average Bonchev–Trinajstić information content (AvgIpc) is 2.04. The molecule has 13 heavy (non-hydrogen) atoms. The lowest BCUT2D eigenvalue weighted by molar-refractivity contribution is -0.106. The van der Waals surface area contributed by atoms with Gasteiger partial charge >= 0.3 is 0 Å². The molecular weight excluding hydrogens is 181 g/mol. The minimum absolute atomic E-state index is 0.512. The van der Waals surface area contributed by atoms with E-state index in [9.17, 15) is 13.2 Å². The Morgan fingerprint density at radius 3 is 2.46 bits per heavy atom. The number of hydrogen-bond acceptors (Lipinski definition) is 1. The summed E-state index contributed by atoms with van der Waals surface area (Å²) in [7, 11) is 0. The second-order valence-corrected chi connectivity index (χ2v) is 2.81. The lowest BCUT2D eigenvalue weighted by atomic mass is 10.0. The maximum Gasteiger partial charge on any atom is 0.298 e. The molecule has 0 saturated carbocycles. The van der Waals surface area contributed by atoms with Gasteiger partial charge in [-0.05, 0) is 19.1 Å². The molecule has 0 heterocycles. The third-order valence-electron chi connectivity index (χ3n) is 1.73. The first-order chi connectivity index (χ1) is 5.94. The zero-order valence-electron chi connectivity index (χ0n) is 6.97. The van der Waals surface area contributed by atoms with Crippen molar-refractivity contribution in [3.8, 4) is 0 Å². The largest absolute Gasteiger partial charge is 0.387 e. The Balaban J connectivity index is 3.07. The van der Waals surface area contributed by atoms with Crippen LogP contribution < -0.4 is 0 Å². The van der Waals surface area contributed by atoms with Crippen LogP contribution in [0.15, 0.2) is 24.3 Å². The highest BCUT2D eigenvalue weighted by molar-refractivity contribution is 5.22. The molecule has 1 aromatic rings. The Morgan fingerprint density at radius 2 is 2.00 bits per heavy atom. The van der Waals surface area contributed by atoms with Crippen molar-refractivity contribution >= 4 is 0 Å². The predicted molar refractivity (Wildman–Crippen MR) is 42.0 cm³/mol. The number of alkyl halides is 2. The van der Waals surface area contributed by atoms with E-state index in [0.29, 0.717) is 6.07 Å². The van der Waals surface area contributed by atoms with Crippen LogP contribution in [0, 0.1) is 5.82 Å². The van der Waals surface area contributed by atoms with Crippen molar-refractivity contribution in [1.82, 2.24) is 0 Å². The molecule has 0 aliphatic carbocycles. The van der Waals surface area contributed by atoms with Gasteiger partial charge in [-0.15, -0.1) is 0 Å². The van der Waals surface area contributed by atoms with Crippen molar-refractivity contribution in [2.75, 3.05) is 0 Å². The molecule has 1 rings (SSSR count). The smallest absolute Gasteiger partial charge is 0.298 e. The molecule has 0 aliphatic heterocycles. The Labute approximate surface area is 73.8 Å². The van der Waals surface area contributed by atoms with Gasteiger partial charge in [-0.25, -0.2) is 4.39 Å². The van der Waals surface area contributed by atoms with Crippen LogP contribution in [0.25, 0.3) is 0 Å². The summed E-state index contributed by atoms with van der Waals surface area (Å²) in [5.74, 6) is -4.14. The highest BCUT2D eigenvalue weighted by Gasteiger charge is 2.37. The molecule has 1 aromatic carbocycles. The lowest BCUT2D eigenvalue weighted by Crippen LogP contribution is -2.27. The van der Waals surface area contributed by atoms with Gasteiger partial charge in [0.05, 0.1) is 0 Å². The van der Waals surface area contributed by atoms with Gasteiger partial charge in [-0.3, -0.25) is 0 Å². The fraction of sp³-hybridized carbons (Fsp3) is 0.333. The van der Waals surface area contributed by atoms with E-state index >= 15 is 0 Å². The van der Waals surface area contributed by atoms with Crippen LogP contribution in [0.2, 0.25) is 0 Å². The molecule has 0 bridgehead atoms. The number of aliphatic hydroxyl groups is 1. The van der Waals surface area contributed by atoms with Crippen LogP contribution in [-0.4, -0.2) is 11.2 Å². The quantitative estimate of drug-likeness (QED) is 0.758. The van der Waals surface area contributed by atoms with E-state index in [1.807, 2.05) is 0 Å². The third kappa shape index (κ3) is 2.01. The highest BCUT2D eigenvalue weighted by atomic mass is 19.3. The first-order valence-electron chi connectivity index (χ1n) is 3.76. The number of aliphatic hydroxyl groups excluding tert-OH is 1. The lowest BCUT2D eigenvalue weighted by Gasteiger charge is -2.19. The molecule has 72 valence electrons. The van der Waals surface area contributed by atoms with E-state index in [-0.39, 0.29) is 0 Å².